The molecular weight excluding hydrogens is 300 g/mol. The van der Waals surface area contributed by atoms with Crippen molar-refractivity contribution < 1.29 is 18.4 Å². The number of amides is 2. The molecule has 8 heteroatoms. The number of hydrogen-bond donors (Lipinski definition) is 3. The Kier molecular flexibility index (Phi) is 3.98. The maximum atomic E-state index is 11.9. The van der Waals surface area contributed by atoms with Crippen LogP contribution in [0.2, 0.25) is 0 Å². The molecule has 0 saturated heterocycles. The quantitative estimate of drug-likeness (QED) is 0.447. The number of furan rings is 2. The SMILES string of the molecule is Cc1c(C(=O)NN)oc2c1/C(=N/NC(=O)c1ccco1)CCC2. The second-order valence-electron chi connectivity index (χ2n) is 5.16. The minimum absolute atomic E-state index is 0.171. The molecule has 2 amide bonds. The first-order valence-electron chi connectivity index (χ1n) is 7.15. The fraction of sp³-hybridized carbons (Fsp3) is 0.267. The number of nitrogens with one attached hydrogen (secondary N) is 2. The molecule has 4 N–H and O–H groups in total. The number of nitrogens with zero attached hydrogens (tertiary/aromatic N) is 1. The summed E-state index contributed by atoms with van der Waals surface area (Å²) in [6, 6.07) is 3.17. The van der Waals surface area contributed by atoms with Gasteiger partial charge in [0, 0.05) is 17.5 Å². The highest BCUT2D eigenvalue weighted by Crippen LogP contribution is 2.29. The van der Waals surface area contributed by atoms with Gasteiger partial charge in [0.15, 0.2) is 11.5 Å². The maximum absolute atomic E-state index is 11.9. The summed E-state index contributed by atoms with van der Waals surface area (Å²) in [5.41, 5.74) is 6.61. The number of carbonyl (C=O) groups excluding carboxylic acids is 2. The molecule has 0 aromatic carbocycles. The molecule has 0 radical (unpaired) electrons. The highest BCUT2D eigenvalue weighted by atomic mass is 16.4. The van der Waals surface area contributed by atoms with Crippen LogP contribution in [-0.2, 0) is 6.42 Å². The minimum atomic E-state index is -0.490. The number of hydrazone groups is 1. The molecule has 120 valence electrons. The van der Waals surface area contributed by atoms with E-state index in [-0.39, 0.29) is 11.5 Å². The van der Waals surface area contributed by atoms with E-state index in [4.69, 9.17) is 14.7 Å². The van der Waals surface area contributed by atoms with E-state index in [2.05, 4.69) is 16.0 Å². The second-order valence-corrected chi connectivity index (χ2v) is 5.16. The van der Waals surface area contributed by atoms with Crippen LogP contribution in [0.3, 0.4) is 0 Å². The normalized spacial score (nSPS) is 15.3. The smallest absolute Gasteiger partial charge is 0.307 e. The van der Waals surface area contributed by atoms with Crippen LogP contribution in [0, 0.1) is 6.92 Å². The van der Waals surface area contributed by atoms with Gasteiger partial charge < -0.3 is 8.83 Å². The van der Waals surface area contributed by atoms with Crippen molar-refractivity contribution in [2.45, 2.75) is 26.2 Å². The number of fused-ring (bicyclic) bond motifs is 1. The van der Waals surface area contributed by atoms with Crippen LogP contribution in [0.25, 0.3) is 0 Å². The van der Waals surface area contributed by atoms with Gasteiger partial charge in [0.1, 0.15) is 5.76 Å². The van der Waals surface area contributed by atoms with E-state index < -0.39 is 11.8 Å². The van der Waals surface area contributed by atoms with Crippen molar-refractivity contribution in [2.75, 3.05) is 0 Å². The van der Waals surface area contributed by atoms with Gasteiger partial charge in [0.2, 0.25) is 0 Å². The number of hydrazine groups is 1. The Bertz CT molecular complexity index is 774. The summed E-state index contributed by atoms with van der Waals surface area (Å²) < 4.78 is 10.6. The van der Waals surface area contributed by atoms with Crippen molar-refractivity contribution in [3.63, 3.8) is 0 Å². The predicted molar refractivity (Wildman–Crippen MR) is 80.7 cm³/mol. The highest BCUT2D eigenvalue weighted by Gasteiger charge is 2.27. The summed E-state index contributed by atoms with van der Waals surface area (Å²) in [7, 11) is 0. The van der Waals surface area contributed by atoms with Gasteiger partial charge in [-0.25, -0.2) is 11.3 Å². The van der Waals surface area contributed by atoms with Crippen LogP contribution in [0.5, 0.6) is 0 Å². The predicted octanol–water partition coefficient (Wildman–Crippen LogP) is 1.25. The first-order valence-corrected chi connectivity index (χ1v) is 7.15. The number of nitrogens with two attached hydrogens (primary N) is 1. The average molecular weight is 316 g/mol. The van der Waals surface area contributed by atoms with Gasteiger partial charge in [-0.05, 0) is 31.9 Å². The number of aryl methyl sites for hydroxylation is 1. The molecule has 2 aromatic heterocycles. The van der Waals surface area contributed by atoms with Crippen LogP contribution < -0.4 is 16.7 Å². The van der Waals surface area contributed by atoms with Gasteiger partial charge in [-0.1, -0.05) is 0 Å². The van der Waals surface area contributed by atoms with Crippen LogP contribution in [0.4, 0.5) is 0 Å². The van der Waals surface area contributed by atoms with Gasteiger partial charge in [-0.3, -0.25) is 15.0 Å². The highest BCUT2D eigenvalue weighted by molar-refractivity contribution is 6.07. The van der Waals surface area contributed by atoms with Gasteiger partial charge in [-0.2, -0.15) is 5.10 Å². The minimum Gasteiger partial charge on any atom is -0.459 e. The Morgan fingerprint density at radius 1 is 1.30 bits per heavy atom. The Labute approximate surface area is 131 Å². The molecule has 0 fully saturated rings. The van der Waals surface area contributed by atoms with Crippen molar-refractivity contribution in [1.82, 2.24) is 10.9 Å². The van der Waals surface area contributed by atoms with E-state index in [0.717, 1.165) is 12.0 Å². The Hall–Kier alpha value is -2.87. The summed E-state index contributed by atoms with van der Waals surface area (Å²) in [5, 5.41) is 4.17. The van der Waals surface area contributed by atoms with Crippen molar-refractivity contribution in [3.8, 4) is 0 Å². The molecule has 8 nitrogen and oxygen atoms in total. The lowest BCUT2D eigenvalue weighted by molar-refractivity contribution is 0.0918. The third kappa shape index (κ3) is 2.76. The molecule has 0 spiro atoms. The van der Waals surface area contributed by atoms with E-state index in [0.29, 0.717) is 29.9 Å². The van der Waals surface area contributed by atoms with Gasteiger partial charge in [-0.15, -0.1) is 0 Å². The molecule has 1 aliphatic rings. The molecule has 0 saturated carbocycles. The molecule has 2 heterocycles. The van der Waals surface area contributed by atoms with Crippen LogP contribution in [-0.4, -0.2) is 17.5 Å². The molecular formula is C15H16N4O4. The number of carbonyl (C=O) groups is 2. The topological polar surface area (TPSA) is 123 Å². The fourth-order valence-corrected chi connectivity index (χ4v) is 2.64. The molecule has 0 aliphatic heterocycles. The first-order chi connectivity index (χ1) is 11.1. The standard InChI is InChI=1S/C15H16N4O4/c1-8-12-9(18-19-14(20)11-6-3-7-22-11)4-2-5-10(12)23-13(8)15(21)17-16/h3,6-7H,2,4-5,16H2,1H3,(H,17,21)(H,19,20)/b18-9+. The van der Waals surface area contributed by atoms with E-state index in [1.54, 1.807) is 19.1 Å². The maximum Gasteiger partial charge on any atom is 0.307 e. The zero-order chi connectivity index (χ0) is 16.4. The van der Waals surface area contributed by atoms with Crippen molar-refractivity contribution in [3.05, 3.63) is 46.8 Å². The van der Waals surface area contributed by atoms with Gasteiger partial charge in [0.25, 0.3) is 0 Å². The Balaban J connectivity index is 1.89. The third-order valence-corrected chi connectivity index (χ3v) is 3.70. The zero-order valence-electron chi connectivity index (χ0n) is 12.5. The van der Waals surface area contributed by atoms with Crippen LogP contribution in [0.15, 0.2) is 32.3 Å². The van der Waals surface area contributed by atoms with Gasteiger partial charge in [0.05, 0.1) is 12.0 Å². The van der Waals surface area contributed by atoms with Crippen molar-refractivity contribution in [1.29, 1.82) is 0 Å². The molecule has 3 rings (SSSR count). The number of rotatable bonds is 3. The molecule has 0 bridgehead atoms. The summed E-state index contributed by atoms with van der Waals surface area (Å²) >= 11 is 0. The lowest BCUT2D eigenvalue weighted by atomic mass is 9.93. The molecule has 23 heavy (non-hydrogen) atoms. The lowest BCUT2D eigenvalue weighted by Crippen LogP contribution is -2.30. The lowest BCUT2D eigenvalue weighted by Gasteiger charge is -2.13. The number of hydrogen-bond acceptors (Lipinski definition) is 6. The van der Waals surface area contributed by atoms with E-state index in [1.165, 1.54) is 6.26 Å². The Morgan fingerprint density at radius 2 is 2.13 bits per heavy atom. The summed E-state index contributed by atoms with van der Waals surface area (Å²) in [6.07, 6.45) is 3.62. The average Bonchev–Trinajstić information content (AvgIpc) is 3.20. The van der Waals surface area contributed by atoms with Crippen LogP contribution >= 0.6 is 0 Å². The largest absolute Gasteiger partial charge is 0.459 e. The summed E-state index contributed by atoms with van der Waals surface area (Å²) in [6.45, 7) is 1.77. The molecule has 1 aliphatic carbocycles. The first kappa shape index (κ1) is 15.0. The molecule has 0 unspecified atom stereocenters. The van der Waals surface area contributed by atoms with E-state index in [9.17, 15) is 9.59 Å². The van der Waals surface area contributed by atoms with Crippen molar-refractivity contribution in [2.24, 2.45) is 10.9 Å². The van der Waals surface area contributed by atoms with Gasteiger partial charge >= 0.3 is 11.8 Å². The number of nitrogen functional groups attached to an aromatic ring is 1. The zero-order valence-corrected chi connectivity index (χ0v) is 12.5. The second kappa shape index (κ2) is 6.09. The van der Waals surface area contributed by atoms with E-state index in [1.807, 2.05) is 0 Å². The molecule has 0 atom stereocenters. The van der Waals surface area contributed by atoms with E-state index >= 15 is 0 Å². The summed E-state index contributed by atoms with van der Waals surface area (Å²) in [4.78, 5) is 23.6. The third-order valence-electron chi connectivity index (χ3n) is 3.70. The van der Waals surface area contributed by atoms with Crippen LogP contribution in [0.1, 0.15) is 50.8 Å². The van der Waals surface area contributed by atoms with Crippen molar-refractivity contribution >= 4 is 17.5 Å². The fourth-order valence-electron chi connectivity index (χ4n) is 2.64. The summed E-state index contributed by atoms with van der Waals surface area (Å²) in [5.74, 6) is 5.26. The molecule has 2 aromatic rings. The Morgan fingerprint density at radius 3 is 2.83 bits per heavy atom. The monoisotopic (exact) mass is 316 g/mol.